The number of aryl methyl sites for hydroxylation is 2. The largest absolute Gasteiger partial charge is 0.419 e. The van der Waals surface area contributed by atoms with Crippen molar-refractivity contribution < 1.29 is 14.0 Å². The van der Waals surface area contributed by atoms with Crippen LogP contribution in [0, 0.1) is 0 Å². The number of nitrogens with zero attached hydrogens (tertiary/aromatic N) is 3. The standard InChI is InChI=1S/C24H28N4O4/c1-2-18-7-3-4-8-19(18)25-22(29)17-26-13-15-27(16-14-26)23(30)11-12-28-20-9-5-6-10-21(20)32-24(28)31/h3-10H,2,11-17H2,1H3,(H,25,29). The van der Waals surface area contributed by atoms with Crippen LogP contribution in [-0.4, -0.2) is 58.9 Å². The highest BCUT2D eigenvalue weighted by atomic mass is 16.4. The normalized spacial score (nSPS) is 14.6. The maximum atomic E-state index is 12.7. The minimum Gasteiger partial charge on any atom is -0.408 e. The molecule has 1 aliphatic heterocycles. The fourth-order valence-electron chi connectivity index (χ4n) is 4.09. The van der Waals surface area contributed by atoms with Gasteiger partial charge in [-0.15, -0.1) is 0 Å². The van der Waals surface area contributed by atoms with Crippen LogP contribution in [0.3, 0.4) is 0 Å². The molecule has 2 aromatic carbocycles. The Morgan fingerprint density at radius 1 is 1.00 bits per heavy atom. The summed E-state index contributed by atoms with van der Waals surface area (Å²) in [6.45, 7) is 5.07. The topological polar surface area (TPSA) is 87.8 Å². The lowest BCUT2D eigenvalue weighted by atomic mass is 10.1. The number of carbonyl (C=O) groups is 2. The van der Waals surface area contributed by atoms with Gasteiger partial charge in [-0.25, -0.2) is 4.79 Å². The molecule has 0 saturated carbocycles. The molecule has 8 heteroatoms. The minimum atomic E-state index is -0.445. The van der Waals surface area contributed by atoms with E-state index in [-0.39, 0.29) is 24.8 Å². The summed E-state index contributed by atoms with van der Waals surface area (Å²) in [6, 6.07) is 15.0. The van der Waals surface area contributed by atoms with Crippen molar-refractivity contribution in [3.63, 3.8) is 0 Å². The molecule has 1 aromatic heterocycles. The number of para-hydroxylation sites is 3. The zero-order valence-electron chi connectivity index (χ0n) is 18.3. The number of anilines is 1. The highest BCUT2D eigenvalue weighted by molar-refractivity contribution is 5.93. The lowest BCUT2D eigenvalue weighted by Crippen LogP contribution is -2.50. The van der Waals surface area contributed by atoms with Gasteiger partial charge in [-0.3, -0.25) is 19.1 Å². The average molecular weight is 437 g/mol. The third kappa shape index (κ3) is 4.91. The van der Waals surface area contributed by atoms with Gasteiger partial charge in [0.15, 0.2) is 5.58 Å². The number of fused-ring (bicyclic) bond motifs is 1. The molecule has 8 nitrogen and oxygen atoms in total. The Morgan fingerprint density at radius 3 is 2.50 bits per heavy atom. The lowest BCUT2D eigenvalue weighted by molar-refractivity contribution is -0.133. The molecule has 1 fully saturated rings. The predicted octanol–water partition coefficient (Wildman–Crippen LogP) is 2.33. The second-order valence-corrected chi connectivity index (χ2v) is 7.95. The van der Waals surface area contributed by atoms with E-state index < -0.39 is 5.76 Å². The number of oxazole rings is 1. The summed E-state index contributed by atoms with van der Waals surface area (Å²) >= 11 is 0. The van der Waals surface area contributed by atoms with Crippen LogP contribution in [0.1, 0.15) is 18.9 Å². The Kier molecular flexibility index (Phi) is 6.70. The Labute approximate surface area is 186 Å². The van der Waals surface area contributed by atoms with Crippen molar-refractivity contribution in [3.8, 4) is 0 Å². The number of benzene rings is 2. The number of hydrogen-bond acceptors (Lipinski definition) is 5. The van der Waals surface area contributed by atoms with E-state index in [9.17, 15) is 14.4 Å². The van der Waals surface area contributed by atoms with Crippen LogP contribution in [-0.2, 0) is 22.6 Å². The molecule has 1 aliphatic rings. The summed E-state index contributed by atoms with van der Waals surface area (Å²) in [6.07, 6.45) is 1.09. The molecule has 2 heterocycles. The molecule has 32 heavy (non-hydrogen) atoms. The SMILES string of the molecule is CCc1ccccc1NC(=O)CN1CCN(C(=O)CCn2c(=O)oc3ccccc32)CC1. The van der Waals surface area contributed by atoms with Gasteiger partial charge in [-0.2, -0.15) is 0 Å². The quantitative estimate of drug-likeness (QED) is 0.614. The minimum absolute atomic E-state index is 0.00292. The molecule has 4 rings (SSSR count). The number of aromatic nitrogens is 1. The van der Waals surface area contributed by atoms with Crippen molar-refractivity contribution in [2.45, 2.75) is 26.3 Å². The van der Waals surface area contributed by atoms with Crippen LogP contribution >= 0.6 is 0 Å². The molecular formula is C24H28N4O4. The predicted molar refractivity (Wildman–Crippen MR) is 123 cm³/mol. The number of hydrogen-bond donors (Lipinski definition) is 1. The van der Waals surface area contributed by atoms with E-state index >= 15 is 0 Å². The fraction of sp³-hybridized carbons (Fsp3) is 0.375. The highest BCUT2D eigenvalue weighted by Crippen LogP contribution is 2.16. The van der Waals surface area contributed by atoms with E-state index in [1.165, 1.54) is 4.57 Å². The van der Waals surface area contributed by atoms with Crippen molar-refractivity contribution in [1.29, 1.82) is 0 Å². The van der Waals surface area contributed by atoms with E-state index in [0.717, 1.165) is 17.7 Å². The molecule has 0 radical (unpaired) electrons. The van der Waals surface area contributed by atoms with Gasteiger partial charge in [0.2, 0.25) is 11.8 Å². The van der Waals surface area contributed by atoms with Crippen molar-refractivity contribution in [2.24, 2.45) is 0 Å². The maximum Gasteiger partial charge on any atom is 0.419 e. The summed E-state index contributed by atoms with van der Waals surface area (Å²) in [4.78, 5) is 41.1. The molecule has 0 atom stereocenters. The van der Waals surface area contributed by atoms with Crippen molar-refractivity contribution in [2.75, 3.05) is 38.0 Å². The summed E-state index contributed by atoms with van der Waals surface area (Å²) in [7, 11) is 0. The lowest BCUT2D eigenvalue weighted by Gasteiger charge is -2.34. The molecule has 0 aliphatic carbocycles. The van der Waals surface area contributed by atoms with Crippen molar-refractivity contribution in [3.05, 3.63) is 64.6 Å². The van der Waals surface area contributed by atoms with Crippen LogP contribution in [0.2, 0.25) is 0 Å². The fourth-order valence-corrected chi connectivity index (χ4v) is 4.09. The van der Waals surface area contributed by atoms with Crippen LogP contribution < -0.4 is 11.1 Å². The van der Waals surface area contributed by atoms with Gasteiger partial charge < -0.3 is 14.6 Å². The van der Waals surface area contributed by atoms with E-state index in [4.69, 9.17) is 4.42 Å². The summed E-state index contributed by atoms with van der Waals surface area (Å²) in [5, 5.41) is 3.00. The second-order valence-electron chi connectivity index (χ2n) is 7.95. The van der Waals surface area contributed by atoms with Gasteiger partial charge in [-0.05, 0) is 30.2 Å². The highest BCUT2D eigenvalue weighted by Gasteiger charge is 2.23. The van der Waals surface area contributed by atoms with E-state index in [0.29, 0.717) is 43.8 Å². The van der Waals surface area contributed by atoms with E-state index in [1.54, 1.807) is 11.0 Å². The number of amides is 2. The number of carbonyl (C=O) groups excluding carboxylic acids is 2. The zero-order valence-corrected chi connectivity index (χ0v) is 18.3. The van der Waals surface area contributed by atoms with Crippen LogP contribution in [0.15, 0.2) is 57.7 Å². The first-order valence-electron chi connectivity index (χ1n) is 11.0. The molecule has 0 unspecified atom stereocenters. The summed E-state index contributed by atoms with van der Waals surface area (Å²) < 4.78 is 6.72. The van der Waals surface area contributed by atoms with Crippen LogP contribution in [0.4, 0.5) is 5.69 Å². The maximum absolute atomic E-state index is 12.7. The molecule has 1 saturated heterocycles. The van der Waals surface area contributed by atoms with Gasteiger partial charge in [0, 0.05) is 44.8 Å². The molecule has 1 N–H and O–H groups in total. The smallest absolute Gasteiger partial charge is 0.408 e. The van der Waals surface area contributed by atoms with Gasteiger partial charge in [0.1, 0.15) is 0 Å². The monoisotopic (exact) mass is 436 g/mol. The third-order valence-electron chi connectivity index (χ3n) is 5.89. The first-order valence-corrected chi connectivity index (χ1v) is 11.0. The Balaban J connectivity index is 1.25. The van der Waals surface area contributed by atoms with Gasteiger partial charge in [-0.1, -0.05) is 37.3 Å². The molecule has 168 valence electrons. The Hall–Kier alpha value is -3.39. The van der Waals surface area contributed by atoms with Crippen LogP contribution in [0.5, 0.6) is 0 Å². The first-order chi connectivity index (χ1) is 15.5. The molecular weight excluding hydrogens is 408 g/mol. The van der Waals surface area contributed by atoms with Crippen LogP contribution in [0.25, 0.3) is 11.1 Å². The number of nitrogens with one attached hydrogen (secondary N) is 1. The zero-order chi connectivity index (χ0) is 22.5. The Bertz CT molecular complexity index is 1160. The number of rotatable bonds is 7. The summed E-state index contributed by atoms with van der Waals surface area (Å²) in [5.74, 6) is -0.487. The van der Waals surface area contributed by atoms with Gasteiger partial charge in [0.05, 0.1) is 12.1 Å². The van der Waals surface area contributed by atoms with Gasteiger partial charge in [0.25, 0.3) is 0 Å². The number of piperazine rings is 1. The van der Waals surface area contributed by atoms with Crippen molar-refractivity contribution >= 4 is 28.6 Å². The third-order valence-corrected chi connectivity index (χ3v) is 5.89. The summed E-state index contributed by atoms with van der Waals surface area (Å²) in [5.41, 5.74) is 3.20. The first kappa shape index (κ1) is 21.8. The van der Waals surface area contributed by atoms with Gasteiger partial charge >= 0.3 is 5.76 Å². The second kappa shape index (κ2) is 9.82. The molecule has 3 aromatic rings. The van der Waals surface area contributed by atoms with E-state index in [2.05, 4.69) is 17.1 Å². The molecule has 0 bridgehead atoms. The molecule has 2 amide bonds. The molecule has 0 spiro atoms. The Morgan fingerprint density at radius 2 is 1.72 bits per heavy atom. The van der Waals surface area contributed by atoms with Crippen molar-refractivity contribution in [1.82, 2.24) is 14.4 Å². The average Bonchev–Trinajstić information content (AvgIpc) is 3.13. The van der Waals surface area contributed by atoms with E-state index in [1.807, 2.05) is 42.5 Å².